The summed E-state index contributed by atoms with van der Waals surface area (Å²) in [4.78, 5) is 28.8. The molecule has 0 bridgehead atoms. The number of nitrogens with zero attached hydrogens (tertiary/aromatic N) is 5. The van der Waals surface area contributed by atoms with E-state index < -0.39 is 0 Å². The number of hydrogen-bond donors (Lipinski definition) is 0. The Hall–Kier alpha value is -2.45. The third-order valence-electron chi connectivity index (χ3n) is 3.60. The van der Waals surface area contributed by atoms with Crippen LogP contribution in [0.2, 0.25) is 0 Å². The van der Waals surface area contributed by atoms with E-state index in [0.29, 0.717) is 16.4 Å². The predicted octanol–water partition coefficient (Wildman–Crippen LogP) is 2.82. The second-order valence-corrected chi connectivity index (χ2v) is 6.80. The minimum atomic E-state index is -0.389. The number of anilines is 1. The highest BCUT2D eigenvalue weighted by atomic mass is 32.1. The van der Waals surface area contributed by atoms with E-state index in [0.717, 1.165) is 13.0 Å². The molecule has 0 aliphatic carbocycles. The molecule has 3 aromatic rings. The molecule has 0 saturated carbocycles. The van der Waals surface area contributed by atoms with E-state index in [4.69, 9.17) is 0 Å². The molecular weight excluding hydrogens is 341 g/mol. The Kier molecular flexibility index (Phi) is 5.30. The zero-order chi connectivity index (χ0) is 17.8. The lowest BCUT2D eigenvalue weighted by molar-refractivity contribution is 0.0981. The van der Waals surface area contributed by atoms with Crippen LogP contribution in [0, 0.1) is 5.82 Å². The van der Waals surface area contributed by atoms with Gasteiger partial charge in [0.25, 0.3) is 5.91 Å². The summed E-state index contributed by atoms with van der Waals surface area (Å²) < 4.78 is 14.7. The van der Waals surface area contributed by atoms with Gasteiger partial charge in [-0.25, -0.2) is 14.4 Å². The van der Waals surface area contributed by atoms with Crippen molar-refractivity contribution < 1.29 is 9.18 Å². The number of aromatic nitrogens is 3. The molecule has 3 rings (SSSR count). The molecule has 0 atom stereocenters. The van der Waals surface area contributed by atoms with E-state index in [1.54, 1.807) is 17.0 Å². The molecule has 0 radical (unpaired) electrons. The maximum absolute atomic E-state index is 14.0. The van der Waals surface area contributed by atoms with E-state index in [9.17, 15) is 9.18 Å². The number of carbonyl (C=O) groups is 1. The van der Waals surface area contributed by atoms with Crippen molar-refractivity contribution in [1.29, 1.82) is 0 Å². The summed E-state index contributed by atoms with van der Waals surface area (Å²) in [6, 6.07) is 4.80. The molecule has 2 aromatic heterocycles. The molecule has 6 nitrogen and oxygen atoms in total. The lowest BCUT2D eigenvalue weighted by Gasteiger charge is -2.20. The minimum Gasteiger partial charge on any atom is -0.309 e. The van der Waals surface area contributed by atoms with Gasteiger partial charge in [0.1, 0.15) is 17.0 Å². The Morgan fingerprint density at radius 3 is 2.76 bits per heavy atom. The van der Waals surface area contributed by atoms with Crippen LogP contribution in [0.25, 0.3) is 10.2 Å². The van der Waals surface area contributed by atoms with Gasteiger partial charge in [-0.3, -0.25) is 14.7 Å². The van der Waals surface area contributed by atoms with Crippen LogP contribution < -0.4 is 4.90 Å². The van der Waals surface area contributed by atoms with Crippen LogP contribution in [-0.4, -0.2) is 52.9 Å². The minimum absolute atomic E-state index is 0.243. The molecule has 0 unspecified atom stereocenters. The number of hydrogen-bond acceptors (Lipinski definition) is 6. The molecular formula is C17H18FN5OS. The van der Waals surface area contributed by atoms with Gasteiger partial charge in [0.2, 0.25) is 0 Å². The first kappa shape index (κ1) is 17.4. The largest absolute Gasteiger partial charge is 0.309 e. The van der Waals surface area contributed by atoms with Crippen LogP contribution >= 0.6 is 11.3 Å². The molecule has 130 valence electrons. The Labute approximate surface area is 149 Å². The van der Waals surface area contributed by atoms with Crippen molar-refractivity contribution in [2.45, 2.75) is 6.42 Å². The average Bonchev–Trinajstić information content (AvgIpc) is 3.04. The molecule has 25 heavy (non-hydrogen) atoms. The van der Waals surface area contributed by atoms with Crippen molar-refractivity contribution in [3.8, 4) is 0 Å². The van der Waals surface area contributed by atoms with Crippen LogP contribution in [0.15, 0.2) is 36.8 Å². The molecule has 0 saturated heterocycles. The Morgan fingerprint density at radius 2 is 2.08 bits per heavy atom. The van der Waals surface area contributed by atoms with Gasteiger partial charge in [0.05, 0.1) is 10.9 Å². The van der Waals surface area contributed by atoms with Gasteiger partial charge < -0.3 is 4.90 Å². The summed E-state index contributed by atoms with van der Waals surface area (Å²) in [6.45, 7) is 1.29. The van der Waals surface area contributed by atoms with Gasteiger partial charge in [-0.15, -0.1) is 0 Å². The maximum atomic E-state index is 14.0. The van der Waals surface area contributed by atoms with Crippen molar-refractivity contribution in [2.75, 3.05) is 32.1 Å². The SMILES string of the molecule is CN(C)CCCN(C(=O)c1cnccn1)c1nc2c(F)cccc2s1. The first-order chi connectivity index (χ1) is 12.1. The Bertz CT molecular complexity index is 868. The summed E-state index contributed by atoms with van der Waals surface area (Å²) in [5.74, 6) is -0.675. The number of fused-ring (bicyclic) bond motifs is 1. The van der Waals surface area contributed by atoms with Crippen molar-refractivity contribution in [2.24, 2.45) is 0 Å². The van der Waals surface area contributed by atoms with E-state index in [1.807, 2.05) is 19.0 Å². The first-order valence-electron chi connectivity index (χ1n) is 7.84. The van der Waals surface area contributed by atoms with Crippen LogP contribution in [0.4, 0.5) is 9.52 Å². The fraction of sp³-hybridized carbons (Fsp3) is 0.294. The fourth-order valence-electron chi connectivity index (χ4n) is 2.40. The molecule has 1 aromatic carbocycles. The number of carbonyl (C=O) groups excluding carboxylic acids is 1. The van der Waals surface area contributed by atoms with Crippen LogP contribution in [0.1, 0.15) is 16.9 Å². The third kappa shape index (κ3) is 3.97. The second kappa shape index (κ2) is 7.62. The van der Waals surface area contributed by atoms with Gasteiger partial charge in [-0.2, -0.15) is 0 Å². The highest BCUT2D eigenvalue weighted by Crippen LogP contribution is 2.31. The summed E-state index contributed by atoms with van der Waals surface area (Å²) in [6.07, 6.45) is 5.18. The molecule has 0 aliphatic rings. The number of para-hydroxylation sites is 1. The number of benzene rings is 1. The van der Waals surface area contributed by atoms with E-state index in [1.165, 1.54) is 36.0 Å². The highest BCUT2D eigenvalue weighted by Gasteiger charge is 2.23. The molecule has 0 N–H and O–H groups in total. The van der Waals surface area contributed by atoms with Crippen molar-refractivity contribution in [1.82, 2.24) is 19.9 Å². The number of thiazole rings is 1. The second-order valence-electron chi connectivity index (χ2n) is 5.79. The van der Waals surface area contributed by atoms with E-state index >= 15 is 0 Å². The average molecular weight is 359 g/mol. The highest BCUT2D eigenvalue weighted by molar-refractivity contribution is 7.22. The zero-order valence-corrected chi connectivity index (χ0v) is 14.8. The van der Waals surface area contributed by atoms with Crippen LogP contribution in [0.5, 0.6) is 0 Å². The van der Waals surface area contributed by atoms with E-state index in [-0.39, 0.29) is 22.9 Å². The maximum Gasteiger partial charge on any atom is 0.280 e. The molecule has 0 spiro atoms. The van der Waals surface area contributed by atoms with Gasteiger partial charge in [0, 0.05) is 18.9 Å². The van der Waals surface area contributed by atoms with Crippen molar-refractivity contribution >= 4 is 32.6 Å². The predicted molar refractivity (Wildman–Crippen MR) is 96.5 cm³/mol. The van der Waals surface area contributed by atoms with Gasteiger partial charge in [0.15, 0.2) is 5.13 Å². The summed E-state index contributed by atoms with van der Waals surface area (Å²) in [5.41, 5.74) is 0.527. The quantitative estimate of drug-likeness (QED) is 0.677. The third-order valence-corrected chi connectivity index (χ3v) is 4.65. The molecule has 2 heterocycles. The van der Waals surface area contributed by atoms with E-state index in [2.05, 4.69) is 15.0 Å². The molecule has 8 heteroatoms. The monoisotopic (exact) mass is 359 g/mol. The van der Waals surface area contributed by atoms with Gasteiger partial charge in [-0.1, -0.05) is 17.4 Å². The Morgan fingerprint density at radius 1 is 1.24 bits per heavy atom. The first-order valence-corrected chi connectivity index (χ1v) is 8.65. The molecule has 0 aliphatic heterocycles. The molecule has 0 fully saturated rings. The zero-order valence-electron chi connectivity index (χ0n) is 14.0. The number of halogens is 1. The number of amides is 1. The lowest BCUT2D eigenvalue weighted by Crippen LogP contribution is -2.34. The van der Waals surface area contributed by atoms with Crippen molar-refractivity contribution in [3.05, 3.63) is 48.3 Å². The normalized spacial score (nSPS) is 11.2. The summed E-state index contributed by atoms with van der Waals surface area (Å²) in [7, 11) is 3.95. The lowest BCUT2D eigenvalue weighted by atomic mass is 10.3. The smallest absolute Gasteiger partial charge is 0.280 e. The molecule has 1 amide bonds. The topological polar surface area (TPSA) is 62.2 Å². The van der Waals surface area contributed by atoms with Gasteiger partial charge in [-0.05, 0) is 39.2 Å². The standard InChI is InChI=1S/C17H18FN5OS/c1-22(2)9-4-10-23(16(24)13-11-19-7-8-20-13)17-21-15-12(18)5-3-6-14(15)25-17/h3,5-8,11H,4,9-10H2,1-2H3. The Balaban J connectivity index is 1.94. The number of rotatable bonds is 6. The van der Waals surface area contributed by atoms with Crippen molar-refractivity contribution in [3.63, 3.8) is 0 Å². The van der Waals surface area contributed by atoms with Crippen LogP contribution in [-0.2, 0) is 0 Å². The summed E-state index contributed by atoms with van der Waals surface area (Å²) in [5, 5.41) is 0.467. The summed E-state index contributed by atoms with van der Waals surface area (Å²) >= 11 is 1.29. The fourth-order valence-corrected chi connectivity index (χ4v) is 3.40. The van der Waals surface area contributed by atoms with Gasteiger partial charge >= 0.3 is 0 Å². The van der Waals surface area contributed by atoms with Crippen LogP contribution in [0.3, 0.4) is 0 Å².